The van der Waals surface area contributed by atoms with Crippen LogP contribution < -0.4 is 11.3 Å². The maximum atomic E-state index is 13.1. The largest absolute Gasteiger partial charge is 0.375 e. The SMILES string of the molecule is Nc1ncc(C(=O)N2C[C@H]3C[C@@H](C2)[C@H](Cc2ccccc2)n2c3cccc2=O)s1. The van der Waals surface area contributed by atoms with Crippen molar-refractivity contribution in [2.45, 2.75) is 24.8 Å². The number of nitrogen functional groups attached to an aromatic ring is 1. The highest BCUT2D eigenvalue weighted by Gasteiger charge is 2.42. The van der Waals surface area contributed by atoms with E-state index < -0.39 is 0 Å². The molecule has 2 aliphatic heterocycles. The second kappa shape index (κ2) is 7.15. The molecular weight excluding hydrogens is 384 g/mol. The number of likely N-dealkylation sites (tertiary alicyclic amines) is 1. The summed E-state index contributed by atoms with van der Waals surface area (Å²) in [5.74, 6) is 0.388. The fourth-order valence-electron chi connectivity index (χ4n) is 4.87. The minimum Gasteiger partial charge on any atom is -0.375 e. The number of nitrogens with zero attached hydrogens (tertiary/aromatic N) is 3. The Morgan fingerprint density at radius 2 is 1.97 bits per heavy atom. The summed E-state index contributed by atoms with van der Waals surface area (Å²) in [5, 5.41) is 0.407. The zero-order chi connectivity index (χ0) is 20.0. The molecule has 0 saturated carbocycles. The van der Waals surface area contributed by atoms with Crippen molar-refractivity contribution in [2.24, 2.45) is 5.92 Å². The van der Waals surface area contributed by atoms with Gasteiger partial charge in [-0.25, -0.2) is 4.98 Å². The van der Waals surface area contributed by atoms with Crippen molar-refractivity contribution in [3.8, 4) is 0 Å². The first-order chi connectivity index (χ1) is 14.1. The Kier molecular flexibility index (Phi) is 4.47. The fourth-order valence-corrected chi connectivity index (χ4v) is 5.52. The molecule has 2 aromatic heterocycles. The molecule has 7 heteroatoms. The second-order valence-corrected chi connectivity index (χ2v) is 8.94. The zero-order valence-electron chi connectivity index (χ0n) is 15.9. The summed E-state index contributed by atoms with van der Waals surface area (Å²) < 4.78 is 1.98. The number of nitrogens with two attached hydrogens (primary N) is 1. The lowest BCUT2D eigenvalue weighted by molar-refractivity contribution is 0.0533. The lowest BCUT2D eigenvalue weighted by Gasteiger charge is -2.47. The Labute approximate surface area is 172 Å². The summed E-state index contributed by atoms with van der Waals surface area (Å²) in [4.78, 5) is 32.4. The number of hydrogen-bond acceptors (Lipinski definition) is 5. The van der Waals surface area contributed by atoms with Crippen molar-refractivity contribution in [3.05, 3.63) is 81.2 Å². The monoisotopic (exact) mass is 406 g/mol. The van der Waals surface area contributed by atoms with Gasteiger partial charge in [0.15, 0.2) is 5.13 Å². The van der Waals surface area contributed by atoms with Crippen LogP contribution in [0.1, 0.15) is 39.3 Å². The molecule has 2 N–H and O–H groups in total. The van der Waals surface area contributed by atoms with E-state index in [0.717, 1.165) is 18.5 Å². The van der Waals surface area contributed by atoms with Gasteiger partial charge in [0.2, 0.25) is 0 Å². The molecule has 148 valence electrons. The van der Waals surface area contributed by atoms with Gasteiger partial charge in [0.05, 0.1) is 6.20 Å². The van der Waals surface area contributed by atoms with Crippen LogP contribution in [-0.4, -0.2) is 33.4 Å². The van der Waals surface area contributed by atoms with Crippen LogP contribution in [0.3, 0.4) is 0 Å². The van der Waals surface area contributed by atoms with E-state index in [1.54, 1.807) is 12.3 Å². The summed E-state index contributed by atoms with van der Waals surface area (Å²) in [6, 6.07) is 15.8. The molecule has 1 fully saturated rings. The molecule has 1 aromatic carbocycles. The van der Waals surface area contributed by atoms with Crippen molar-refractivity contribution in [1.29, 1.82) is 0 Å². The Bertz CT molecular complexity index is 1110. The number of fused-ring (bicyclic) bond motifs is 4. The molecule has 2 aliphatic rings. The van der Waals surface area contributed by atoms with Crippen LogP contribution in [-0.2, 0) is 6.42 Å². The first kappa shape index (κ1) is 18.1. The van der Waals surface area contributed by atoms with Crippen LogP contribution in [0, 0.1) is 5.92 Å². The fraction of sp³-hybridized carbons (Fsp3) is 0.318. The number of rotatable bonds is 3. The van der Waals surface area contributed by atoms with Crippen molar-refractivity contribution >= 4 is 22.4 Å². The standard InChI is InChI=1S/C22H22N4O2S/c23-22-24-11-19(29-22)21(28)25-12-15-10-16(13-25)18(9-14-5-2-1-3-6-14)26-17(15)7-4-8-20(26)27/h1-8,11,15-16,18H,9-10,12-13H2,(H2,23,24)/t15-,16+,18+/m1/s1. The minimum atomic E-state index is -0.0147. The smallest absolute Gasteiger partial charge is 0.265 e. The van der Waals surface area contributed by atoms with Gasteiger partial charge in [-0.05, 0) is 30.4 Å². The summed E-state index contributed by atoms with van der Waals surface area (Å²) in [6.07, 6.45) is 3.34. The lowest BCUT2D eigenvalue weighted by Crippen LogP contribution is -2.51. The zero-order valence-corrected chi connectivity index (χ0v) is 16.7. The Balaban J connectivity index is 1.52. The van der Waals surface area contributed by atoms with Gasteiger partial charge in [-0.1, -0.05) is 47.7 Å². The number of carbonyl (C=O) groups excluding carboxylic acids is 1. The molecular formula is C22H22N4O2S. The maximum absolute atomic E-state index is 13.1. The van der Waals surface area contributed by atoms with Crippen LogP contribution in [0.4, 0.5) is 5.13 Å². The number of aromatic nitrogens is 2. The first-order valence-electron chi connectivity index (χ1n) is 9.86. The van der Waals surface area contributed by atoms with E-state index in [4.69, 9.17) is 5.73 Å². The Morgan fingerprint density at radius 1 is 1.14 bits per heavy atom. The summed E-state index contributed by atoms with van der Waals surface area (Å²) in [5.41, 5.74) is 8.02. The van der Waals surface area contributed by atoms with E-state index in [1.807, 2.05) is 39.8 Å². The van der Waals surface area contributed by atoms with Gasteiger partial charge < -0.3 is 15.2 Å². The van der Waals surface area contributed by atoms with Gasteiger partial charge in [-0.2, -0.15) is 0 Å². The van der Waals surface area contributed by atoms with Crippen LogP contribution in [0.2, 0.25) is 0 Å². The highest BCUT2D eigenvalue weighted by atomic mass is 32.1. The summed E-state index contributed by atoms with van der Waals surface area (Å²) >= 11 is 1.23. The average molecular weight is 407 g/mol. The molecule has 1 amide bonds. The average Bonchev–Trinajstić information content (AvgIpc) is 3.17. The normalized spacial score (nSPS) is 22.9. The van der Waals surface area contributed by atoms with Crippen molar-refractivity contribution < 1.29 is 4.79 Å². The van der Waals surface area contributed by atoms with Gasteiger partial charge in [0, 0.05) is 36.8 Å². The lowest BCUT2D eigenvalue weighted by atomic mass is 9.76. The maximum Gasteiger partial charge on any atom is 0.265 e. The highest BCUT2D eigenvalue weighted by molar-refractivity contribution is 7.17. The van der Waals surface area contributed by atoms with Crippen molar-refractivity contribution in [3.63, 3.8) is 0 Å². The van der Waals surface area contributed by atoms with Crippen LogP contribution in [0.15, 0.2) is 59.5 Å². The molecule has 0 spiro atoms. The van der Waals surface area contributed by atoms with Crippen LogP contribution in [0.5, 0.6) is 0 Å². The van der Waals surface area contributed by atoms with E-state index in [-0.39, 0.29) is 29.3 Å². The first-order valence-corrected chi connectivity index (χ1v) is 10.7. The third-order valence-corrected chi connectivity index (χ3v) is 6.92. The molecule has 1 saturated heterocycles. The van der Waals surface area contributed by atoms with Gasteiger partial charge in [0.1, 0.15) is 4.88 Å². The molecule has 2 bridgehead atoms. The van der Waals surface area contributed by atoms with E-state index in [2.05, 4.69) is 17.1 Å². The van der Waals surface area contributed by atoms with Crippen molar-refractivity contribution in [1.82, 2.24) is 14.5 Å². The molecule has 3 atom stereocenters. The number of thiazole rings is 1. The molecule has 3 aromatic rings. The predicted octanol–water partition coefficient (Wildman–Crippen LogP) is 2.93. The number of piperidine rings is 1. The molecule has 5 rings (SSSR count). The number of carbonyl (C=O) groups is 1. The number of amides is 1. The molecule has 29 heavy (non-hydrogen) atoms. The quantitative estimate of drug-likeness (QED) is 0.725. The van der Waals surface area contributed by atoms with Crippen LogP contribution in [0.25, 0.3) is 0 Å². The third-order valence-electron chi connectivity index (χ3n) is 6.11. The van der Waals surface area contributed by atoms with E-state index in [9.17, 15) is 9.59 Å². The second-order valence-electron chi connectivity index (χ2n) is 7.88. The van der Waals surface area contributed by atoms with Gasteiger partial charge in [-0.15, -0.1) is 0 Å². The summed E-state index contributed by atoms with van der Waals surface area (Å²) in [7, 11) is 0. The van der Waals surface area contributed by atoms with Crippen molar-refractivity contribution in [2.75, 3.05) is 18.8 Å². The molecule has 6 nitrogen and oxygen atoms in total. The molecule has 0 unspecified atom stereocenters. The molecule has 0 aliphatic carbocycles. The Morgan fingerprint density at radius 3 is 2.72 bits per heavy atom. The van der Waals surface area contributed by atoms with Gasteiger partial charge in [-0.3, -0.25) is 9.59 Å². The third kappa shape index (κ3) is 3.25. The van der Waals surface area contributed by atoms with Crippen LogP contribution >= 0.6 is 11.3 Å². The number of anilines is 1. The number of hydrogen-bond donors (Lipinski definition) is 1. The minimum absolute atomic E-state index is 0.0147. The number of benzene rings is 1. The van der Waals surface area contributed by atoms with Gasteiger partial charge >= 0.3 is 0 Å². The topological polar surface area (TPSA) is 81.2 Å². The van der Waals surface area contributed by atoms with E-state index in [0.29, 0.717) is 23.1 Å². The molecule has 4 heterocycles. The molecule has 0 radical (unpaired) electrons. The highest BCUT2D eigenvalue weighted by Crippen LogP contribution is 2.42. The van der Waals surface area contributed by atoms with Gasteiger partial charge in [0.25, 0.3) is 11.5 Å². The predicted molar refractivity (Wildman–Crippen MR) is 113 cm³/mol. The number of pyridine rings is 1. The Hall–Kier alpha value is -2.93. The van der Waals surface area contributed by atoms with E-state index >= 15 is 0 Å². The van der Waals surface area contributed by atoms with E-state index in [1.165, 1.54) is 16.9 Å². The summed E-state index contributed by atoms with van der Waals surface area (Å²) in [6.45, 7) is 1.26.